The number of amides is 1. The molecular formula is C16H14F2INO2. The molecule has 1 amide bonds. The van der Waals surface area contributed by atoms with Gasteiger partial charge in [0, 0.05) is 3.57 Å². The van der Waals surface area contributed by atoms with Crippen LogP contribution < -0.4 is 5.32 Å². The van der Waals surface area contributed by atoms with Crippen LogP contribution in [-0.2, 0) is 0 Å². The Hall–Kier alpha value is -1.54. The molecule has 0 heterocycles. The lowest BCUT2D eigenvalue weighted by atomic mass is 10.0. The van der Waals surface area contributed by atoms with Crippen LogP contribution in [0.4, 0.5) is 8.78 Å². The second-order valence-electron chi connectivity index (χ2n) is 4.84. The first-order valence-electron chi connectivity index (χ1n) is 6.58. The van der Waals surface area contributed by atoms with Gasteiger partial charge in [-0.1, -0.05) is 18.2 Å². The smallest absolute Gasteiger partial charge is 0.257 e. The van der Waals surface area contributed by atoms with E-state index < -0.39 is 35.3 Å². The zero-order valence-electron chi connectivity index (χ0n) is 11.7. The van der Waals surface area contributed by atoms with Crippen molar-refractivity contribution in [3.63, 3.8) is 0 Å². The standard InChI is InChI=1S/C16H14F2INO2/c1-9(21)15(10-5-7-11(19)8-6-10)20-16(22)14-12(17)3-2-4-13(14)18/h2-9,15,21H,1H3,(H,20,22)/t9-,15+/m0/s1. The van der Waals surface area contributed by atoms with E-state index >= 15 is 0 Å². The molecule has 0 radical (unpaired) electrons. The topological polar surface area (TPSA) is 49.3 Å². The Kier molecular flexibility index (Phi) is 5.47. The summed E-state index contributed by atoms with van der Waals surface area (Å²) in [6, 6.07) is 9.59. The Morgan fingerprint density at radius 2 is 1.68 bits per heavy atom. The fourth-order valence-electron chi connectivity index (χ4n) is 2.08. The predicted octanol–water partition coefficient (Wildman–Crippen LogP) is 3.42. The van der Waals surface area contributed by atoms with Crippen LogP contribution in [0.5, 0.6) is 0 Å². The minimum Gasteiger partial charge on any atom is -0.391 e. The van der Waals surface area contributed by atoms with E-state index in [1.807, 2.05) is 12.1 Å². The molecule has 0 spiro atoms. The van der Waals surface area contributed by atoms with Gasteiger partial charge in [-0.05, 0) is 59.3 Å². The number of hydrogen-bond acceptors (Lipinski definition) is 2. The minimum absolute atomic E-state index is 0.653. The summed E-state index contributed by atoms with van der Waals surface area (Å²) in [7, 11) is 0. The molecule has 2 rings (SSSR count). The summed E-state index contributed by atoms with van der Waals surface area (Å²) in [5, 5.41) is 12.3. The van der Waals surface area contributed by atoms with E-state index in [1.54, 1.807) is 12.1 Å². The number of aliphatic hydroxyl groups excluding tert-OH is 1. The highest BCUT2D eigenvalue weighted by Crippen LogP contribution is 2.20. The number of rotatable bonds is 4. The molecule has 2 N–H and O–H groups in total. The average Bonchev–Trinajstić information content (AvgIpc) is 2.45. The molecule has 3 nitrogen and oxygen atoms in total. The van der Waals surface area contributed by atoms with Gasteiger partial charge in [-0.2, -0.15) is 0 Å². The van der Waals surface area contributed by atoms with E-state index in [4.69, 9.17) is 0 Å². The van der Waals surface area contributed by atoms with E-state index in [1.165, 1.54) is 13.0 Å². The van der Waals surface area contributed by atoms with Gasteiger partial charge in [0.2, 0.25) is 0 Å². The molecule has 116 valence electrons. The van der Waals surface area contributed by atoms with Crippen molar-refractivity contribution in [1.29, 1.82) is 0 Å². The lowest BCUT2D eigenvalue weighted by Crippen LogP contribution is -2.36. The highest BCUT2D eigenvalue weighted by atomic mass is 127. The molecule has 0 bridgehead atoms. The van der Waals surface area contributed by atoms with E-state index in [0.717, 1.165) is 15.7 Å². The zero-order valence-corrected chi connectivity index (χ0v) is 13.8. The average molecular weight is 417 g/mol. The van der Waals surface area contributed by atoms with Crippen molar-refractivity contribution in [1.82, 2.24) is 5.32 Å². The third-order valence-electron chi connectivity index (χ3n) is 3.19. The van der Waals surface area contributed by atoms with Gasteiger partial charge in [0.25, 0.3) is 5.91 Å². The third-order valence-corrected chi connectivity index (χ3v) is 3.91. The number of halogens is 3. The number of aliphatic hydroxyl groups is 1. The Morgan fingerprint density at radius 3 is 2.18 bits per heavy atom. The van der Waals surface area contributed by atoms with Crippen LogP contribution in [0.1, 0.15) is 28.9 Å². The van der Waals surface area contributed by atoms with Crippen LogP contribution in [0.2, 0.25) is 0 Å². The van der Waals surface area contributed by atoms with Gasteiger partial charge in [-0.3, -0.25) is 4.79 Å². The monoisotopic (exact) mass is 417 g/mol. The molecule has 22 heavy (non-hydrogen) atoms. The fourth-order valence-corrected chi connectivity index (χ4v) is 2.44. The molecule has 6 heteroatoms. The summed E-state index contributed by atoms with van der Waals surface area (Å²) in [6.45, 7) is 1.50. The molecule has 2 aromatic carbocycles. The van der Waals surface area contributed by atoms with Crippen molar-refractivity contribution in [3.8, 4) is 0 Å². The Bertz CT molecular complexity index is 654. The predicted molar refractivity (Wildman–Crippen MR) is 87.4 cm³/mol. The highest BCUT2D eigenvalue weighted by Gasteiger charge is 2.24. The van der Waals surface area contributed by atoms with Crippen molar-refractivity contribution in [2.75, 3.05) is 0 Å². The summed E-state index contributed by atoms with van der Waals surface area (Å²) < 4.78 is 28.3. The number of benzene rings is 2. The molecule has 0 fully saturated rings. The zero-order chi connectivity index (χ0) is 16.3. The van der Waals surface area contributed by atoms with E-state index in [0.29, 0.717) is 5.56 Å². The number of carbonyl (C=O) groups excluding carboxylic acids is 1. The van der Waals surface area contributed by atoms with Gasteiger partial charge in [0.15, 0.2) is 0 Å². The Balaban J connectivity index is 2.28. The summed E-state index contributed by atoms with van der Waals surface area (Å²) in [4.78, 5) is 12.1. The van der Waals surface area contributed by atoms with Crippen LogP contribution in [0.25, 0.3) is 0 Å². The molecule has 0 aliphatic carbocycles. The van der Waals surface area contributed by atoms with Gasteiger partial charge >= 0.3 is 0 Å². The first-order chi connectivity index (χ1) is 10.4. The van der Waals surface area contributed by atoms with Crippen molar-refractivity contribution in [2.45, 2.75) is 19.1 Å². The summed E-state index contributed by atoms with van der Waals surface area (Å²) in [6.07, 6.45) is -0.918. The van der Waals surface area contributed by atoms with Crippen LogP contribution in [0.3, 0.4) is 0 Å². The molecule has 0 saturated carbocycles. The lowest BCUT2D eigenvalue weighted by molar-refractivity contribution is 0.0850. The van der Waals surface area contributed by atoms with Crippen molar-refractivity contribution in [2.24, 2.45) is 0 Å². The van der Waals surface area contributed by atoms with Crippen molar-refractivity contribution < 1.29 is 18.7 Å². The third kappa shape index (κ3) is 3.80. The number of hydrogen-bond donors (Lipinski definition) is 2. The normalized spacial score (nSPS) is 13.5. The van der Waals surface area contributed by atoms with Gasteiger partial charge < -0.3 is 10.4 Å². The number of nitrogens with one attached hydrogen (secondary N) is 1. The second kappa shape index (κ2) is 7.15. The first-order valence-corrected chi connectivity index (χ1v) is 7.66. The quantitative estimate of drug-likeness (QED) is 0.750. The lowest BCUT2D eigenvalue weighted by Gasteiger charge is -2.22. The highest BCUT2D eigenvalue weighted by molar-refractivity contribution is 14.1. The second-order valence-corrected chi connectivity index (χ2v) is 6.09. The maximum Gasteiger partial charge on any atom is 0.257 e. The number of carbonyl (C=O) groups is 1. The Morgan fingerprint density at radius 1 is 1.14 bits per heavy atom. The summed E-state index contributed by atoms with van der Waals surface area (Å²) in [5.41, 5.74) is -0.000764. The molecule has 0 aliphatic rings. The maximum atomic E-state index is 13.6. The van der Waals surface area contributed by atoms with E-state index in [2.05, 4.69) is 27.9 Å². The van der Waals surface area contributed by atoms with Crippen LogP contribution in [-0.4, -0.2) is 17.1 Å². The Labute approximate surface area is 140 Å². The molecule has 0 saturated heterocycles. The summed E-state index contributed by atoms with van der Waals surface area (Å²) in [5.74, 6) is -2.78. The minimum atomic E-state index is -0.940. The first kappa shape index (κ1) is 16.8. The van der Waals surface area contributed by atoms with E-state index in [9.17, 15) is 18.7 Å². The largest absolute Gasteiger partial charge is 0.391 e. The molecular weight excluding hydrogens is 403 g/mol. The van der Waals surface area contributed by atoms with Crippen LogP contribution in [0.15, 0.2) is 42.5 Å². The van der Waals surface area contributed by atoms with Crippen molar-refractivity contribution in [3.05, 3.63) is 68.8 Å². The van der Waals surface area contributed by atoms with Gasteiger partial charge in [0.05, 0.1) is 12.1 Å². The van der Waals surface area contributed by atoms with Gasteiger partial charge in [0.1, 0.15) is 17.2 Å². The molecule has 0 unspecified atom stereocenters. The van der Waals surface area contributed by atoms with E-state index in [-0.39, 0.29) is 0 Å². The van der Waals surface area contributed by atoms with Gasteiger partial charge in [-0.25, -0.2) is 8.78 Å². The van der Waals surface area contributed by atoms with Gasteiger partial charge in [-0.15, -0.1) is 0 Å². The van der Waals surface area contributed by atoms with Crippen LogP contribution >= 0.6 is 22.6 Å². The van der Waals surface area contributed by atoms with Crippen LogP contribution in [0, 0.1) is 15.2 Å². The fraction of sp³-hybridized carbons (Fsp3) is 0.188. The SMILES string of the molecule is C[C@H](O)[C@@H](NC(=O)c1c(F)cccc1F)c1ccc(I)cc1. The molecule has 0 aromatic heterocycles. The molecule has 2 atom stereocenters. The van der Waals surface area contributed by atoms with Crippen molar-refractivity contribution >= 4 is 28.5 Å². The maximum absolute atomic E-state index is 13.6. The summed E-state index contributed by atoms with van der Waals surface area (Å²) >= 11 is 2.13. The molecule has 0 aliphatic heterocycles. The molecule has 2 aromatic rings.